The zero-order valence-electron chi connectivity index (χ0n) is 63.7. The third-order valence-electron chi connectivity index (χ3n) is 17.0. The highest BCUT2D eigenvalue weighted by Crippen LogP contribution is 2.63. The number of aromatic nitrogens is 12. The molecule has 0 spiro atoms. The molecule has 1 unspecified atom stereocenters. The second kappa shape index (κ2) is 35.3. The monoisotopic (exact) mass is 1640 g/mol. The molecule has 6 aromatic rings. The van der Waals surface area contributed by atoms with Crippen LogP contribution < -0.4 is 47.4 Å². The number of phosphoric ester groups is 3. The Morgan fingerprint density at radius 1 is 0.459 bits per heavy atom. The van der Waals surface area contributed by atoms with Gasteiger partial charge in [-0.2, -0.15) is 29.9 Å². The number of alkyl halides is 3. The van der Waals surface area contributed by atoms with Crippen LogP contribution in [-0.4, -0.2) is 228 Å². The fourth-order valence-electron chi connectivity index (χ4n) is 11.9. The third kappa shape index (κ3) is 20.1. The maximum Gasteiger partial charge on any atom is 0.475 e. The van der Waals surface area contributed by atoms with Crippen molar-refractivity contribution in [3.05, 3.63) is 19.0 Å². The van der Waals surface area contributed by atoms with Gasteiger partial charge in [-0.3, -0.25) is 54.4 Å². The number of rotatable bonds is 27. The van der Waals surface area contributed by atoms with E-state index in [2.05, 4.69) is 60.8 Å². The van der Waals surface area contributed by atoms with E-state index in [9.17, 15) is 28.1 Å². The summed E-state index contributed by atoms with van der Waals surface area (Å²) >= 11 is 0. The Morgan fingerprint density at radius 3 is 0.946 bits per heavy atom. The Balaban J connectivity index is 0.000000177. The van der Waals surface area contributed by atoms with Crippen molar-refractivity contribution in [1.82, 2.24) is 74.5 Å². The van der Waals surface area contributed by atoms with Crippen LogP contribution in [0.15, 0.2) is 19.0 Å². The van der Waals surface area contributed by atoms with Crippen LogP contribution in [0.2, 0.25) is 0 Å². The number of carbonyl (C=O) groups excluding carboxylic acids is 3. The van der Waals surface area contributed by atoms with Crippen molar-refractivity contribution >= 4 is 93.1 Å². The first kappa shape index (κ1) is 85.7. The number of halogens is 3. The molecule has 42 nitrogen and oxygen atoms in total. The van der Waals surface area contributed by atoms with Gasteiger partial charge < -0.3 is 75.8 Å². The highest BCUT2D eigenvalue weighted by atomic mass is 31.2. The normalized spacial score (nSPS) is 30.3. The fourth-order valence-corrected chi connectivity index (χ4v) is 16.5. The van der Waals surface area contributed by atoms with Gasteiger partial charge in [-0.15, -0.1) is 0 Å². The number of alkyl carbamates (subject to hydrolysis) is 3. The first-order valence-electron chi connectivity index (χ1n) is 35.7. The second-order valence-electron chi connectivity index (χ2n) is 28.3. The van der Waals surface area contributed by atoms with Crippen LogP contribution >= 0.6 is 23.5 Å². The fraction of sp³-hybridized carbons (Fsp3) is 0.714. The molecule has 618 valence electrons. The number of fused-ring (bicyclic) bond motifs is 6. The number of phosphoric acid groups is 3. The standard InChI is InChI=1S/3C21H32FN6O8P/c3*1-6-31-17-14-16(26-19(23)27-17)28(10-24-14)18-21(5,22)15-13(35-18)9-34-37(30,36-15)33-8-12(4)25-20(29)32-7-11(2)3/h3*10-13,15,18H,6-9H2,1-5H3,(H,25,29)(H2,23,26,27)/t12-,13+,15+,18+,21+,37?;12-,13+,15+,18+,21+,37+;12-,13+,15+,18+,21+,37-/m000/s1. The molecule has 9 N–H and O–H groups in total. The van der Waals surface area contributed by atoms with Crippen molar-refractivity contribution in [2.45, 2.75) is 194 Å². The minimum absolute atomic E-state index is 0.0815. The second-order valence-corrected chi connectivity index (χ2v) is 33.1. The van der Waals surface area contributed by atoms with Crippen LogP contribution in [0.4, 0.5) is 45.4 Å². The molecule has 0 aliphatic carbocycles. The van der Waals surface area contributed by atoms with E-state index in [1.807, 2.05) is 41.5 Å². The van der Waals surface area contributed by atoms with E-state index in [0.29, 0.717) is 19.8 Å². The maximum atomic E-state index is 16.2. The lowest BCUT2D eigenvalue weighted by Crippen LogP contribution is -2.45. The van der Waals surface area contributed by atoms with Gasteiger partial charge in [-0.1, -0.05) is 41.5 Å². The molecular weight excluding hydrogens is 1540 g/mol. The predicted octanol–water partition coefficient (Wildman–Crippen LogP) is 8.23. The SMILES string of the molecule is CCOc1nc(N)nc2c1ncn2[C@@H]1O[C@@H]2COP(=O)(OC[C@H](C)NC(=O)OCC(C)C)O[C@H]2[C@@]1(C)F.CCOc1nc(N)nc2c1ncn2[C@@H]1O[C@@H]2CO[P@@](=O)(OC[C@H](C)NC(=O)OCC(C)C)O[C@H]2[C@@]1(C)F.CCOc1nc(N)nc2c1ncn2[C@@H]1O[C@@H]2CO[P@](=O)(OC[C@H](C)NC(=O)OCC(C)C)O[C@H]2[C@@]1(C)F. The lowest BCUT2D eigenvalue weighted by Gasteiger charge is -2.34. The quantitative estimate of drug-likeness (QED) is 0.0209. The topological polar surface area (TPSA) is 514 Å². The van der Waals surface area contributed by atoms with Crippen molar-refractivity contribution in [3.8, 4) is 17.6 Å². The first-order chi connectivity index (χ1) is 52.3. The number of nitrogen functional groups attached to an aromatic ring is 3. The van der Waals surface area contributed by atoms with Gasteiger partial charge in [0.1, 0.15) is 36.6 Å². The van der Waals surface area contributed by atoms with Gasteiger partial charge in [0.15, 0.2) is 69.2 Å². The number of hydrogen-bond acceptors (Lipinski definition) is 36. The maximum absolute atomic E-state index is 16.2. The number of nitrogens with one attached hydrogen (secondary N) is 3. The number of nitrogens with two attached hydrogens (primary N) is 3. The molecule has 6 fully saturated rings. The summed E-state index contributed by atoms with van der Waals surface area (Å²) in [6.07, 6.45) is -8.24. The van der Waals surface area contributed by atoms with E-state index >= 15 is 13.2 Å². The predicted molar refractivity (Wildman–Crippen MR) is 382 cm³/mol. The minimum atomic E-state index is -4.17. The molecule has 0 bridgehead atoms. The average Bonchev–Trinajstić information content (AvgIpc) is 1.59. The summed E-state index contributed by atoms with van der Waals surface area (Å²) in [5.41, 5.74) is 12.3. The van der Waals surface area contributed by atoms with Crippen LogP contribution in [0.3, 0.4) is 0 Å². The molecule has 12 heterocycles. The molecule has 48 heteroatoms. The van der Waals surface area contributed by atoms with Crippen LogP contribution in [0.5, 0.6) is 17.6 Å². The number of anilines is 3. The Hall–Kier alpha value is -7.74. The van der Waals surface area contributed by atoms with Gasteiger partial charge in [0.25, 0.3) is 0 Å². The lowest BCUT2D eigenvalue weighted by atomic mass is 9.98. The Kier molecular flexibility index (Phi) is 27.3. The molecule has 0 aromatic carbocycles. The zero-order chi connectivity index (χ0) is 80.9. The highest BCUT2D eigenvalue weighted by Gasteiger charge is 2.65. The summed E-state index contributed by atoms with van der Waals surface area (Å²) in [7, 11) is -12.5. The summed E-state index contributed by atoms with van der Waals surface area (Å²) in [5, 5.41) is 7.67. The van der Waals surface area contributed by atoms with Crippen molar-refractivity contribution < 1.29 is 125 Å². The van der Waals surface area contributed by atoms with Crippen LogP contribution in [-0.2, 0) is 82.8 Å². The van der Waals surface area contributed by atoms with E-state index in [1.54, 1.807) is 41.5 Å². The molecule has 0 saturated carbocycles. The molecule has 6 aliphatic heterocycles. The Labute approximate surface area is 635 Å². The van der Waals surface area contributed by atoms with Gasteiger partial charge in [0, 0.05) is 0 Å². The number of imidazole rings is 3. The smallest absolute Gasteiger partial charge is 0.475 e. The molecule has 0 radical (unpaired) electrons. The van der Waals surface area contributed by atoms with E-state index in [4.69, 9.17) is 101 Å². The van der Waals surface area contributed by atoms with E-state index in [0.717, 1.165) is 0 Å². The minimum Gasteiger partial charge on any atom is -0.476 e. The summed E-state index contributed by atoms with van der Waals surface area (Å²) in [6.45, 7) is 25.7. The summed E-state index contributed by atoms with van der Waals surface area (Å²) in [4.78, 5) is 72.8. The van der Waals surface area contributed by atoms with Gasteiger partial charge in [-0.25, -0.2) is 56.2 Å². The van der Waals surface area contributed by atoms with Gasteiger partial charge >= 0.3 is 41.7 Å². The summed E-state index contributed by atoms with van der Waals surface area (Å²) < 4.78 is 190. The molecule has 6 aromatic heterocycles. The molecule has 6 aliphatic rings. The molecule has 12 rings (SSSR count). The zero-order valence-corrected chi connectivity index (χ0v) is 66.4. The average molecular weight is 1640 g/mol. The molecular formula is C63H96F3N18O24P3. The molecule has 6 saturated heterocycles. The number of hydrogen-bond donors (Lipinski definition) is 6. The number of nitrogens with zero attached hydrogens (tertiary/aromatic N) is 12. The molecule has 3 amide bonds. The summed E-state index contributed by atoms with van der Waals surface area (Å²) in [6, 6.07) is -1.75. The van der Waals surface area contributed by atoms with Crippen LogP contribution in [0, 0.1) is 17.8 Å². The van der Waals surface area contributed by atoms with E-state index in [1.165, 1.54) is 53.5 Å². The van der Waals surface area contributed by atoms with E-state index < -0.39 is 132 Å². The Morgan fingerprint density at radius 2 is 0.712 bits per heavy atom. The molecule has 111 heavy (non-hydrogen) atoms. The van der Waals surface area contributed by atoms with Crippen LogP contribution in [0.25, 0.3) is 33.5 Å². The third-order valence-corrected chi connectivity index (χ3v) is 21.2. The van der Waals surface area contributed by atoms with Crippen LogP contribution in [0.1, 0.15) is 123 Å². The number of carbonyl (C=O) groups is 3. The van der Waals surface area contributed by atoms with Crippen molar-refractivity contribution in [2.75, 3.05) is 96.5 Å². The highest BCUT2D eigenvalue weighted by molar-refractivity contribution is 7.49. The van der Waals surface area contributed by atoms with Crippen molar-refractivity contribution in [2.24, 2.45) is 17.8 Å². The van der Waals surface area contributed by atoms with E-state index in [-0.39, 0.29) is 146 Å². The Bertz CT molecular complexity index is 3970. The molecule has 18 atom stereocenters. The number of amides is 3. The summed E-state index contributed by atoms with van der Waals surface area (Å²) in [5.74, 6) is 0.762. The van der Waals surface area contributed by atoms with Gasteiger partial charge in [0.05, 0.1) is 116 Å². The number of ether oxygens (including phenoxy) is 9. The first-order valence-corrected chi connectivity index (χ1v) is 40.1. The largest absolute Gasteiger partial charge is 0.476 e. The van der Waals surface area contributed by atoms with Gasteiger partial charge in [0.2, 0.25) is 35.5 Å². The lowest BCUT2D eigenvalue weighted by molar-refractivity contribution is -0.0711. The van der Waals surface area contributed by atoms with Crippen molar-refractivity contribution in [3.63, 3.8) is 0 Å². The van der Waals surface area contributed by atoms with Gasteiger partial charge in [-0.05, 0) is 80.1 Å². The van der Waals surface area contributed by atoms with Crippen molar-refractivity contribution in [1.29, 1.82) is 0 Å².